The van der Waals surface area contributed by atoms with Gasteiger partial charge in [-0.3, -0.25) is 9.59 Å². The first kappa shape index (κ1) is 20.5. The molecular weight excluding hydrogens is 410 g/mol. The van der Waals surface area contributed by atoms with Gasteiger partial charge in [-0.2, -0.15) is 0 Å². The van der Waals surface area contributed by atoms with Crippen molar-refractivity contribution in [1.29, 1.82) is 0 Å². The second-order valence-corrected chi connectivity index (χ2v) is 10.1. The zero-order chi connectivity index (χ0) is 22.5. The summed E-state index contributed by atoms with van der Waals surface area (Å²) >= 11 is 0. The fourth-order valence-corrected chi connectivity index (χ4v) is 6.08. The second kappa shape index (κ2) is 8.05. The van der Waals surface area contributed by atoms with Crippen molar-refractivity contribution >= 4 is 28.4 Å². The monoisotopic (exact) mass is 441 g/mol. The number of amides is 2. The molecule has 3 aromatic rings. The second-order valence-electron chi connectivity index (χ2n) is 10.1. The molecule has 1 fully saturated rings. The molecule has 1 aromatic heterocycles. The molecule has 1 atom stereocenters. The van der Waals surface area contributed by atoms with Gasteiger partial charge in [-0.1, -0.05) is 37.3 Å². The Labute approximate surface area is 194 Å². The number of hydrogen-bond donors (Lipinski definition) is 1. The van der Waals surface area contributed by atoms with Crippen LogP contribution in [0.2, 0.25) is 0 Å². The molecule has 0 bridgehead atoms. The number of rotatable bonds is 2. The van der Waals surface area contributed by atoms with Gasteiger partial charge in [0.2, 0.25) is 5.91 Å². The number of aromatic amines is 1. The largest absolute Gasteiger partial charge is 0.358 e. The fraction of sp³-hybridized carbons (Fsp3) is 0.429. The van der Waals surface area contributed by atoms with Crippen LogP contribution in [0.5, 0.6) is 0 Å². The Hall–Kier alpha value is -3.08. The van der Waals surface area contributed by atoms with E-state index in [0.29, 0.717) is 19.0 Å². The van der Waals surface area contributed by atoms with E-state index in [-0.39, 0.29) is 17.7 Å². The van der Waals surface area contributed by atoms with Crippen molar-refractivity contribution in [3.63, 3.8) is 0 Å². The Morgan fingerprint density at radius 2 is 1.76 bits per heavy atom. The summed E-state index contributed by atoms with van der Waals surface area (Å²) in [4.78, 5) is 34.2. The number of likely N-dealkylation sites (tertiary alicyclic amines) is 1. The Balaban J connectivity index is 1.17. The third-order valence-electron chi connectivity index (χ3n) is 7.98. The van der Waals surface area contributed by atoms with E-state index in [4.69, 9.17) is 0 Å². The van der Waals surface area contributed by atoms with Gasteiger partial charge in [0.1, 0.15) is 0 Å². The van der Waals surface area contributed by atoms with Crippen molar-refractivity contribution in [2.24, 2.45) is 11.8 Å². The van der Waals surface area contributed by atoms with E-state index in [1.165, 1.54) is 28.6 Å². The zero-order valence-electron chi connectivity index (χ0n) is 19.3. The lowest BCUT2D eigenvalue weighted by molar-refractivity contribution is -0.123. The van der Waals surface area contributed by atoms with Crippen LogP contribution in [0.15, 0.2) is 42.5 Å². The first-order valence-corrected chi connectivity index (χ1v) is 12.4. The first-order valence-electron chi connectivity index (χ1n) is 12.4. The molecule has 1 saturated heterocycles. The van der Waals surface area contributed by atoms with Crippen LogP contribution >= 0.6 is 0 Å². The first-order chi connectivity index (χ1) is 16.1. The molecule has 0 saturated carbocycles. The van der Waals surface area contributed by atoms with Gasteiger partial charge in [0, 0.05) is 42.3 Å². The predicted octanol–water partition coefficient (Wildman–Crippen LogP) is 4.73. The number of aryl methyl sites for hydroxylation is 1. The van der Waals surface area contributed by atoms with Crippen LogP contribution in [0.1, 0.15) is 53.4 Å². The van der Waals surface area contributed by atoms with Gasteiger partial charge >= 0.3 is 0 Å². The number of H-pyrrole nitrogens is 1. The minimum Gasteiger partial charge on any atom is -0.358 e. The number of nitrogens with one attached hydrogen (secondary N) is 1. The summed E-state index contributed by atoms with van der Waals surface area (Å²) in [5, 5.41) is 1.21. The van der Waals surface area contributed by atoms with Gasteiger partial charge in [0.05, 0.1) is 11.1 Å². The van der Waals surface area contributed by atoms with Crippen LogP contribution in [0, 0.1) is 11.8 Å². The topological polar surface area (TPSA) is 56.4 Å². The van der Waals surface area contributed by atoms with Gasteiger partial charge in [0.15, 0.2) is 0 Å². The number of para-hydroxylation sites is 2. The fourth-order valence-electron chi connectivity index (χ4n) is 6.08. The van der Waals surface area contributed by atoms with Crippen LogP contribution < -0.4 is 4.90 Å². The van der Waals surface area contributed by atoms with Crippen molar-refractivity contribution in [2.75, 3.05) is 24.5 Å². The van der Waals surface area contributed by atoms with E-state index in [0.717, 1.165) is 55.4 Å². The number of carbonyl (C=O) groups excluding carboxylic acids is 2. The maximum atomic E-state index is 13.5. The molecular formula is C28H31N3O2. The molecule has 0 spiro atoms. The average Bonchev–Trinajstić information content (AvgIpc) is 3.44. The van der Waals surface area contributed by atoms with Crippen molar-refractivity contribution in [1.82, 2.24) is 9.88 Å². The van der Waals surface area contributed by atoms with E-state index in [2.05, 4.69) is 30.1 Å². The highest BCUT2D eigenvalue weighted by molar-refractivity contribution is 6.07. The molecule has 170 valence electrons. The molecule has 33 heavy (non-hydrogen) atoms. The Morgan fingerprint density at radius 3 is 2.61 bits per heavy atom. The third kappa shape index (κ3) is 3.45. The lowest BCUT2D eigenvalue weighted by Gasteiger charge is -2.33. The molecule has 1 aliphatic carbocycles. The van der Waals surface area contributed by atoms with Crippen LogP contribution in [0.4, 0.5) is 5.69 Å². The van der Waals surface area contributed by atoms with E-state index in [1.54, 1.807) is 0 Å². The molecule has 6 rings (SSSR count). The maximum Gasteiger partial charge on any atom is 0.255 e. The molecule has 2 aromatic carbocycles. The van der Waals surface area contributed by atoms with E-state index in [1.807, 2.05) is 34.1 Å². The molecule has 1 N–H and O–H groups in total. The molecule has 2 aliphatic heterocycles. The van der Waals surface area contributed by atoms with Crippen LogP contribution in [-0.2, 0) is 24.1 Å². The maximum absolute atomic E-state index is 13.5. The molecule has 3 aliphatic rings. The predicted molar refractivity (Wildman–Crippen MR) is 131 cm³/mol. The Morgan fingerprint density at radius 1 is 0.939 bits per heavy atom. The van der Waals surface area contributed by atoms with E-state index < -0.39 is 0 Å². The van der Waals surface area contributed by atoms with Crippen molar-refractivity contribution < 1.29 is 9.59 Å². The van der Waals surface area contributed by atoms with Gasteiger partial charge in [0.25, 0.3) is 5.91 Å². The summed E-state index contributed by atoms with van der Waals surface area (Å²) in [6.07, 6.45) is 5.75. The number of fused-ring (bicyclic) bond motifs is 4. The van der Waals surface area contributed by atoms with E-state index >= 15 is 0 Å². The Kier molecular flexibility index (Phi) is 5.01. The summed E-state index contributed by atoms with van der Waals surface area (Å²) in [6.45, 7) is 4.36. The highest BCUT2D eigenvalue weighted by Gasteiger charge is 2.34. The standard InChI is InChI=1S/C28H31N3O2/c1-18-9-10-24-23(17-18)21-6-4-7-22(26(21)29-24)28(33)30-14-11-20(12-15-30)27(32)31-16-13-19-5-2-3-8-25(19)31/h2-8,18,20,29H,9-17H2,1H3. The molecule has 1 unspecified atom stereocenters. The smallest absolute Gasteiger partial charge is 0.255 e. The lowest BCUT2D eigenvalue weighted by atomic mass is 9.87. The van der Waals surface area contributed by atoms with Gasteiger partial charge in [-0.25, -0.2) is 0 Å². The third-order valence-corrected chi connectivity index (χ3v) is 7.98. The minimum absolute atomic E-state index is 0.00436. The number of nitrogens with zero attached hydrogens (tertiary/aromatic N) is 2. The normalized spacial score (nSPS) is 20.7. The van der Waals surface area contributed by atoms with Crippen LogP contribution in [-0.4, -0.2) is 41.3 Å². The summed E-state index contributed by atoms with van der Waals surface area (Å²) in [5.41, 5.74) is 6.79. The van der Waals surface area contributed by atoms with Gasteiger partial charge < -0.3 is 14.8 Å². The van der Waals surface area contributed by atoms with Gasteiger partial charge in [-0.15, -0.1) is 0 Å². The number of hydrogen-bond acceptors (Lipinski definition) is 2. The molecule has 3 heterocycles. The van der Waals surface area contributed by atoms with Crippen molar-refractivity contribution in [3.05, 3.63) is 64.8 Å². The Bertz CT molecular complexity index is 1240. The van der Waals surface area contributed by atoms with Crippen LogP contribution in [0.3, 0.4) is 0 Å². The molecule has 5 nitrogen and oxygen atoms in total. The summed E-state index contributed by atoms with van der Waals surface area (Å²) < 4.78 is 0. The average molecular weight is 442 g/mol. The zero-order valence-corrected chi connectivity index (χ0v) is 19.3. The number of benzene rings is 2. The molecule has 0 radical (unpaired) electrons. The number of piperidine rings is 1. The highest BCUT2D eigenvalue weighted by atomic mass is 16.2. The molecule has 5 heteroatoms. The molecule has 2 amide bonds. The number of anilines is 1. The SMILES string of the molecule is CC1CCc2[nH]c3c(C(=O)N4CCC(C(=O)N5CCc6ccccc65)CC4)cccc3c2C1. The lowest BCUT2D eigenvalue weighted by Crippen LogP contribution is -2.44. The summed E-state index contributed by atoms with van der Waals surface area (Å²) in [6, 6.07) is 14.3. The highest BCUT2D eigenvalue weighted by Crippen LogP contribution is 2.34. The van der Waals surface area contributed by atoms with Gasteiger partial charge in [-0.05, 0) is 67.7 Å². The van der Waals surface area contributed by atoms with E-state index in [9.17, 15) is 9.59 Å². The van der Waals surface area contributed by atoms with Crippen LogP contribution in [0.25, 0.3) is 10.9 Å². The quantitative estimate of drug-likeness (QED) is 0.625. The number of aromatic nitrogens is 1. The number of carbonyl (C=O) groups is 2. The minimum atomic E-state index is -0.00436. The van der Waals surface area contributed by atoms with Crippen molar-refractivity contribution in [3.8, 4) is 0 Å². The van der Waals surface area contributed by atoms with Crippen molar-refractivity contribution in [2.45, 2.75) is 45.4 Å². The summed E-state index contributed by atoms with van der Waals surface area (Å²) in [7, 11) is 0. The summed E-state index contributed by atoms with van der Waals surface area (Å²) in [5.74, 6) is 0.996.